The van der Waals surface area contributed by atoms with Gasteiger partial charge in [0.1, 0.15) is 6.04 Å². The number of carbonyl (C=O) groups excluding carboxylic acids is 1. The highest BCUT2D eigenvalue weighted by molar-refractivity contribution is 5.82. The van der Waals surface area contributed by atoms with Crippen LogP contribution in [0.15, 0.2) is 12.3 Å². The molecule has 0 aliphatic carbocycles. The van der Waals surface area contributed by atoms with Crippen LogP contribution >= 0.6 is 0 Å². The van der Waals surface area contributed by atoms with Crippen molar-refractivity contribution in [2.75, 3.05) is 24.3 Å². The van der Waals surface area contributed by atoms with Crippen LogP contribution in [0.3, 0.4) is 0 Å². The Bertz CT molecular complexity index is 434. The lowest BCUT2D eigenvalue weighted by molar-refractivity contribution is -0.141. The average molecular weight is 235 g/mol. The van der Waals surface area contributed by atoms with Crippen molar-refractivity contribution in [1.29, 1.82) is 0 Å². The quantitative estimate of drug-likeness (QED) is 0.778. The molecule has 1 saturated heterocycles. The van der Waals surface area contributed by atoms with Gasteiger partial charge < -0.3 is 15.4 Å². The Morgan fingerprint density at radius 3 is 3.06 bits per heavy atom. The van der Waals surface area contributed by atoms with Crippen LogP contribution in [0.5, 0.6) is 0 Å². The first kappa shape index (κ1) is 11.7. The van der Waals surface area contributed by atoms with Gasteiger partial charge in [-0.15, -0.1) is 0 Å². The minimum Gasteiger partial charge on any atom is -0.467 e. The second-order valence-electron chi connectivity index (χ2n) is 4.30. The summed E-state index contributed by atoms with van der Waals surface area (Å²) in [5.41, 5.74) is 7.57. The second-order valence-corrected chi connectivity index (χ2v) is 4.30. The van der Waals surface area contributed by atoms with E-state index in [-0.39, 0.29) is 12.0 Å². The first-order valence-electron chi connectivity index (χ1n) is 5.70. The molecule has 1 aromatic heterocycles. The molecule has 0 saturated carbocycles. The van der Waals surface area contributed by atoms with Crippen molar-refractivity contribution in [1.82, 2.24) is 4.98 Å². The molecule has 5 nitrogen and oxygen atoms in total. The minimum atomic E-state index is -0.252. The summed E-state index contributed by atoms with van der Waals surface area (Å²) < 4.78 is 4.80. The number of ether oxygens (including phenoxy) is 1. The van der Waals surface area contributed by atoms with Crippen molar-refractivity contribution in [2.24, 2.45) is 0 Å². The highest BCUT2D eigenvalue weighted by atomic mass is 16.5. The number of rotatable bonds is 2. The number of nitrogens with two attached hydrogens (primary N) is 1. The number of anilines is 2. The molecule has 17 heavy (non-hydrogen) atoms. The van der Waals surface area contributed by atoms with Gasteiger partial charge in [0.2, 0.25) is 0 Å². The lowest BCUT2D eigenvalue weighted by Gasteiger charge is -2.24. The Morgan fingerprint density at radius 2 is 2.41 bits per heavy atom. The number of esters is 1. The van der Waals surface area contributed by atoms with Gasteiger partial charge in [0.25, 0.3) is 0 Å². The van der Waals surface area contributed by atoms with Crippen LogP contribution in [0.2, 0.25) is 0 Å². The van der Waals surface area contributed by atoms with E-state index < -0.39 is 0 Å². The SMILES string of the molecule is COC(=O)C1CCCN1c1ncc(C)cc1N. The van der Waals surface area contributed by atoms with Crippen molar-refractivity contribution >= 4 is 17.5 Å². The molecule has 0 aromatic carbocycles. The molecule has 2 rings (SSSR count). The van der Waals surface area contributed by atoms with E-state index in [9.17, 15) is 4.79 Å². The number of nitrogen functional groups attached to an aromatic ring is 1. The zero-order valence-electron chi connectivity index (χ0n) is 10.1. The molecule has 1 aromatic rings. The molecule has 1 aliphatic rings. The van der Waals surface area contributed by atoms with Gasteiger partial charge in [0.05, 0.1) is 12.8 Å². The van der Waals surface area contributed by atoms with Crippen molar-refractivity contribution in [3.05, 3.63) is 17.8 Å². The van der Waals surface area contributed by atoms with Gasteiger partial charge in [0.15, 0.2) is 5.82 Å². The lowest BCUT2D eigenvalue weighted by atomic mass is 10.2. The maximum Gasteiger partial charge on any atom is 0.328 e. The molecule has 1 aliphatic heterocycles. The van der Waals surface area contributed by atoms with Gasteiger partial charge >= 0.3 is 5.97 Å². The van der Waals surface area contributed by atoms with Crippen molar-refractivity contribution < 1.29 is 9.53 Å². The van der Waals surface area contributed by atoms with E-state index in [4.69, 9.17) is 10.5 Å². The van der Waals surface area contributed by atoms with Crippen molar-refractivity contribution in [2.45, 2.75) is 25.8 Å². The highest BCUT2D eigenvalue weighted by Gasteiger charge is 2.33. The van der Waals surface area contributed by atoms with E-state index in [0.717, 1.165) is 24.9 Å². The predicted octanol–water partition coefficient (Wildman–Crippen LogP) is 1.11. The monoisotopic (exact) mass is 235 g/mol. The summed E-state index contributed by atoms with van der Waals surface area (Å²) in [6.07, 6.45) is 3.51. The van der Waals surface area contributed by atoms with Crippen molar-refractivity contribution in [3.8, 4) is 0 Å². The van der Waals surface area contributed by atoms with E-state index in [1.54, 1.807) is 6.20 Å². The van der Waals surface area contributed by atoms with Crippen LogP contribution in [0.25, 0.3) is 0 Å². The Balaban J connectivity index is 2.29. The molecule has 5 heteroatoms. The van der Waals surface area contributed by atoms with Gasteiger partial charge in [-0.05, 0) is 31.4 Å². The molecule has 2 heterocycles. The Morgan fingerprint density at radius 1 is 1.65 bits per heavy atom. The van der Waals surface area contributed by atoms with E-state index in [1.807, 2.05) is 17.9 Å². The predicted molar refractivity (Wildman–Crippen MR) is 65.8 cm³/mol. The first-order chi connectivity index (χ1) is 8.13. The third kappa shape index (κ3) is 2.18. The minimum absolute atomic E-state index is 0.218. The van der Waals surface area contributed by atoms with Gasteiger partial charge in [0, 0.05) is 12.7 Å². The van der Waals surface area contributed by atoms with Crippen LogP contribution in [-0.4, -0.2) is 30.6 Å². The van der Waals surface area contributed by atoms with Gasteiger partial charge in [-0.1, -0.05) is 0 Å². The number of aromatic nitrogens is 1. The smallest absolute Gasteiger partial charge is 0.328 e. The number of pyridine rings is 1. The number of methoxy groups -OCH3 is 1. The highest BCUT2D eigenvalue weighted by Crippen LogP contribution is 2.29. The van der Waals surface area contributed by atoms with Crippen LogP contribution in [0.1, 0.15) is 18.4 Å². The van der Waals surface area contributed by atoms with Crippen LogP contribution in [0, 0.1) is 6.92 Å². The fourth-order valence-corrected chi connectivity index (χ4v) is 2.23. The van der Waals surface area contributed by atoms with Gasteiger partial charge in [-0.3, -0.25) is 0 Å². The topological polar surface area (TPSA) is 68.5 Å². The largest absolute Gasteiger partial charge is 0.467 e. The number of aryl methyl sites for hydroxylation is 1. The van der Waals surface area contributed by atoms with Crippen molar-refractivity contribution in [3.63, 3.8) is 0 Å². The molecule has 0 amide bonds. The third-order valence-electron chi connectivity index (χ3n) is 3.03. The fraction of sp³-hybridized carbons (Fsp3) is 0.500. The normalized spacial score (nSPS) is 19.4. The molecule has 1 atom stereocenters. The molecule has 0 bridgehead atoms. The number of carbonyl (C=O) groups is 1. The molecule has 1 fully saturated rings. The maximum absolute atomic E-state index is 11.6. The Labute approximate surface area is 101 Å². The molecule has 0 spiro atoms. The first-order valence-corrected chi connectivity index (χ1v) is 5.70. The summed E-state index contributed by atoms with van der Waals surface area (Å²) in [7, 11) is 1.41. The second kappa shape index (κ2) is 4.61. The zero-order valence-corrected chi connectivity index (χ0v) is 10.1. The molecule has 0 radical (unpaired) electrons. The number of hydrogen-bond donors (Lipinski definition) is 1. The molecule has 2 N–H and O–H groups in total. The Kier molecular flexibility index (Phi) is 3.17. The molecular formula is C12H17N3O2. The summed E-state index contributed by atoms with van der Waals surface area (Å²) in [6.45, 7) is 2.73. The lowest BCUT2D eigenvalue weighted by Crippen LogP contribution is -2.37. The standard InChI is InChI=1S/C12H17N3O2/c1-8-6-9(13)11(14-7-8)15-5-3-4-10(15)12(16)17-2/h6-7,10H,3-5,13H2,1-2H3. The van der Waals surface area contributed by atoms with Gasteiger partial charge in [-0.25, -0.2) is 9.78 Å². The van der Waals surface area contributed by atoms with E-state index in [2.05, 4.69) is 4.98 Å². The van der Waals surface area contributed by atoms with Crippen LogP contribution in [-0.2, 0) is 9.53 Å². The summed E-state index contributed by atoms with van der Waals surface area (Å²) in [6, 6.07) is 1.62. The van der Waals surface area contributed by atoms with Crippen LogP contribution < -0.4 is 10.6 Å². The molecule has 92 valence electrons. The molecular weight excluding hydrogens is 218 g/mol. The summed E-state index contributed by atoms with van der Waals surface area (Å²) >= 11 is 0. The van der Waals surface area contributed by atoms with Gasteiger partial charge in [-0.2, -0.15) is 0 Å². The van der Waals surface area contributed by atoms with E-state index >= 15 is 0 Å². The van der Waals surface area contributed by atoms with Crippen LogP contribution in [0.4, 0.5) is 11.5 Å². The number of hydrogen-bond acceptors (Lipinski definition) is 5. The summed E-state index contributed by atoms with van der Waals surface area (Å²) in [5.74, 6) is 0.466. The summed E-state index contributed by atoms with van der Waals surface area (Å²) in [4.78, 5) is 17.9. The summed E-state index contributed by atoms with van der Waals surface area (Å²) in [5, 5.41) is 0. The van der Waals surface area contributed by atoms with E-state index in [0.29, 0.717) is 11.5 Å². The molecule has 1 unspecified atom stereocenters. The average Bonchev–Trinajstić information content (AvgIpc) is 2.77. The fourth-order valence-electron chi connectivity index (χ4n) is 2.23. The maximum atomic E-state index is 11.6. The number of nitrogens with zero attached hydrogens (tertiary/aromatic N) is 2. The third-order valence-corrected chi connectivity index (χ3v) is 3.03. The Hall–Kier alpha value is -1.78. The van der Waals surface area contributed by atoms with E-state index in [1.165, 1.54) is 7.11 Å². The zero-order chi connectivity index (χ0) is 12.4.